The van der Waals surface area contributed by atoms with E-state index >= 15 is 0 Å². The first-order chi connectivity index (χ1) is 15.9. The van der Waals surface area contributed by atoms with Gasteiger partial charge in [-0.3, -0.25) is 9.59 Å². The minimum Gasteiger partial charge on any atom is -0.496 e. The minimum atomic E-state index is -0.486. The predicted octanol–water partition coefficient (Wildman–Crippen LogP) is 5.17. The van der Waals surface area contributed by atoms with Gasteiger partial charge in [-0.2, -0.15) is 0 Å². The Morgan fingerprint density at radius 2 is 1.62 bits per heavy atom. The molecule has 0 aromatic heterocycles. The third-order valence-electron chi connectivity index (χ3n) is 5.55. The van der Waals surface area contributed by atoms with Crippen molar-refractivity contribution in [1.82, 2.24) is 0 Å². The molecule has 0 fully saturated rings. The Balaban J connectivity index is 2.42. The molecule has 0 aliphatic rings. The molecule has 0 saturated carbocycles. The van der Waals surface area contributed by atoms with Crippen molar-refractivity contribution >= 4 is 29.2 Å². The van der Waals surface area contributed by atoms with E-state index in [0.717, 1.165) is 22.4 Å². The van der Waals surface area contributed by atoms with Crippen LogP contribution in [0.1, 0.15) is 67.6 Å². The maximum atomic E-state index is 13.2. The number of hydrogen-bond acceptors (Lipinski definition) is 5. The van der Waals surface area contributed by atoms with Crippen molar-refractivity contribution in [3.63, 3.8) is 0 Å². The van der Waals surface area contributed by atoms with Gasteiger partial charge in [-0.1, -0.05) is 33.8 Å². The topological polar surface area (TPSA) is 84.9 Å². The molecule has 2 rings (SSSR count). The van der Waals surface area contributed by atoms with Crippen molar-refractivity contribution in [2.45, 2.75) is 59.8 Å². The molecule has 2 amide bonds. The van der Waals surface area contributed by atoms with Crippen LogP contribution >= 0.6 is 0 Å². The second-order valence-electron chi connectivity index (χ2n) is 9.39. The Hall–Kier alpha value is -3.35. The number of benzene rings is 2. The van der Waals surface area contributed by atoms with E-state index in [0.29, 0.717) is 29.8 Å². The molecular weight excluding hydrogens is 432 g/mol. The smallest absolute Gasteiger partial charge is 0.337 e. The summed E-state index contributed by atoms with van der Waals surface area (Å²) in [6.45, 7) is 11.7. The van der Waals surface area contributed by atoms with Gasteiger partial charge in [0, 0.05) is 17.8 Å². The number of carbonyl (C=O) groups excluding carboxylic acids is 3. The summed E-state index contributed by atoms with van der Waals surface area (Å²) >= 11 is 0. The highest BCUT2D eigenvalue weighted by Gasteiger charge is 2.24. The van der Waals surface area contributed by atoms with Gasteiger partial charge in [-0.25, -0.2) is 4.79 Å². The lowest BCUT2D eigenvalue weighted by Gasteiger charge is -2.26. The molecule has 2 aromatic carbocycles. The standard InChI is InChI=1S/C27H36N2O5/c1-9-10-24(31)29(20-13-17(2)25(33-7)18(3)14-20)16-23(30)28-22-15-19(26(32)34-8)11-12-21(22)27(4,5)6/h11-15H,9-10,16H2,1-8H3,(H,28,30). The Labute approximate surface area is 202 Å². The summed E-state index contributed by atoms with van der Waals surface area (Å²) in [5, 5.41) is 2.92. The average molecular weight is 469 g/mol. The zero-order valence-corrected chi connectivity index (χ0v) is 21.5. The Morgan fingerprint density at radius 3 is 2.12 bits per heavy atom. The van der Waals surface area contributed by atoms with Crippen molar-refractivity contribution in [3.05, 3.63) is 52.6 Å². The number of aryl methyl sites for hydroxylation is 2. The van der Waals surface area contributed by atoms with Crippen molar-refractivity contribution in [3.8, 4) is 5.75 Å². The van der Waals surface area contributed by atoms with Gasteiger partial charge in [0.25, 0.3) is 0 Å². The number of methoxy groups -OCH3 is 2. The number of nitrogens with zero attached hydrogens (tertiary/aromatic N) is 1. The molecule has 0 aliphatic carbocycles. The van der Waals surface area contributed by atoms with Crippen LogP contribution in [0.4, 0.5) is 11.4 Å². The molecule has 0 saturated heterocycles. The van der Waals surface area contributed by atoms with Crippen molar-refractivity contribution in [1.29, 1.82) is 0 Å². The molecule has 7 heteroatoms. The zero-order chi connectivity index (χ0) is 25.6. The molecule has 34 heavy (non-hydrogen) atoms. The molecule has 0 unspecified atom stereocenters. The maximum absolute atomic E-state index is 13.2. The summed E-state index contributed by atoms with van der Waals surface area (Å²) < 4.78 is 10.3. The van der Waals surface area contributed by atoms with E-state index < -0.39 is 5.97 Å². The lowest BCUT2D eigenvalue weighted by Crippen LogP contribution is -2.38. The van der Waals surface area contributed by atoms with Crippen LogP contribution in [-0.4, -0.2) is 38.5 Å². The SMILES string of the molecule is CCCC(=O)N(CC(=O)Nc1cc(C(=O)OC)ccc1C(C)(C)C)c1cc(C)c(OC)c(C)c1. The van der Waals surface area contributed by atoms with Crippen molar-refractivity contribution < 1.29 is 23.9 Å². The van der Waals surface area contributed by atoms with Gasteiger partial charge in [0.15, 0.2) is 0 Å². The Kier molecular flexibility index (Phi) is 8.85. The van der Waals surface area contributed by atoms with Crippen molar-refractivity contribution in [2.24, 2.45) is 0 Å². The lowest BCUT2D eigenvalue weighted by atomic mass is 9.85. The van der Waals surface area contributed by atoms with Gasteiger partial charge in [-0.15, -0.1) is 0 Å². The number of hydrogen-bond donors (Lipinski definition) is 1. The van der Waals surface area contributed by atoms with E-state index in [2.05, 4.69) is 5.32 Å². The quantitative estimate of drug-likeness (QED) is 0.541. The number of anilines is 2. The molecule has 0 aliphatic heterocycles. The van der Waals surface area contributed by atoms with Gasteiger partial charge < -0.3 is 19.7 Å². The summed E-state index contributed by atoms with van der Waals surface area (Å²) in [7, 11) is 2.92. The molecule has 0 heterocycles. The number of ether oxygens (including phenoxy) is 2. The van der Waals surface area contributed by atoms with Gasteiger partial charge in [-0.05, 0) is 66.6 Å². The summed E-state index contributed by atoms with van der Waals surface area (Å²) in [5.41, 5.74) is 3.86. The molecular formula is C27H36N2O5. The molecule has 0 atom stereocenters. The van der Waals surface area contributed by atoms with Crippen molar-refractivity contribution in [2.75, 3.05) is 31.0 Å². The van der Waals surface area contributed by atoms with Crippen LogP contribution in [0.3, 0.4) is 0 Å². The Morgan fingerprint density at radius 1 is 1.00 bits per heavy atom. The normalized spacial score (nSPS) is 11.1. The monoisotopic (exact) mass is 468 g/mol. The lowest BCUT2D eigenvalue weighted by molar-refractivity contribution is -0.121. The number of esters is 1. The fourth-order valence-corrected chi connectivity index (χ4v) is 3.96. The fourth-order valence-electron chi connectivity index (χ4n) is 3.96. The minimum absolute atomic E-state index is 0.138. The van der Waals surface area contributed by atoms with E-state index in [9.17, 15) is 14.4 Å². The first-order valence-electron chi connectivity index (χ1n) is 11.4. The Bertz CT molecular complexity index is 1050. The number of nitrogens with one attached hydrogen (secondary N) is 1. The highest BCUT2D eigenvalue weighted by atomic mass is 16.5. The molecule has 0 spiro atoms. The van der Waals surface area contributed by atoms with Crippen LogP contribution in [0.2, 0.25) is 0 Å². The molecule has 2 aromatic rings. The second kappa shape index (κ2) is 11.2. The number of rotatable bonds is 8. The molecule has 0 bridgehead atoms. The van der Waals surface area contributed by atoms with Crippen LogP contribution in [-0.2, 0) is 19.7 Å². The summed E-state index contributed by atoms with van der Waals surface area (Å²) in [4.78, 5) is 39.7. The number of amides is 2. The van der Waals surface area contributed by atoms with Crippen LogP contribution in [0.15, 0.2) is 30.3 Å². The first-order valence-corrected chi connectivity index (χ1v) is 11.4. The highest BCUT2D eigenvalue weighted by Crippen LogP contribution is 2.32. The van der Waals surface area contributed by atoms with Gasteiger partial charge in [0.05, 0.1) is 19.8 Å². The largest absolute Gasteiger partial charge is 0.496 e. The molecule has 0 radical (unpaired) electrons. The number of carbonyl (C=O) groups is 3. The highest BCUT2D eigenvalue weighted by molar-refractivity contribution is 6.03. The molecule has 184 valence electrons. The molecule has 1 N–H and O–H groups in total. The third-order valence-corrected chi connectivity index (χ3v) is 5.55. The van der Waals surface area contributed by atoms with E-state index in [1.807, 2.05) is 59.7 Å². The van der Waals surface area contributed by atoms with Crippen LogP contribution < -0.4 is 15.0 Å². The second-order valence-corrected chi connectivity index (χ2v) is 9.39. The third kappa shape index (κ3) is 6.37. The fraction of sp³-hybridized carbons (Fsp3) is 0.444. The zero-order valence-electron chi connectivity index (χ0n) is 21.5. The summed E-state index contributed by atoms with van der Waals surface area (Å²) in [5.74, 6) is -0.227. The predicted molar refractivity (Wildman–Crippen MR) is 135 cm³/mol. The molecule has 7 nitrogen and oxygen atoms in total. The average Bonchev–Trinajstić information content (AvgIpc) is 2.76. The van der Waals surface area contributed by atoms with Crippen LogP contribution in [0.5, 0.6) is 5.75 Å². The maximum Gasteiger partial charge on any atom is 0.337 e. The van der Waals surface area contributed by atoms with Crippen LogP contribution in [0, 0.1) is 13.8 Å². The summed E-state index contributed by atoms with van der Waals surface area (Å²) in [6.07, 6.45) is 0.989. The summed E-state index contributed by atoms with van der Waals surface area (Å²) in [6, 6.07) is 8.82. The van der Waals surface area contributed by atoms with E-state index in [-0.39, 0.29) is 23.8 Å². The van der Waals surface area contributed by atoms with E-state index in [4.69, 9.17) is 9.47 Å². The first kappa shape index (κ1) is 26.9. The van der Waals surface area contributed by atoms with Gasteiger partial charge >= 0.3 is 5.97 Å². The van der Waals surface area contributed by atoms with Gasteiger partial charge in [0.1, 0.15) is 12.3 Å². The van der Waals surface area contributed by atoms with Gasteiger partial charge in [0.2, 0.25) is 11.8 Å². The van der Waals surface area contributed by atoms with E-state index in [1.165, 1.54) is 12.0 Å². The van der Waals surface area contributed by atoms with Crippen LogP contribution in [0.25, 0.3) is 0 Å². The van der Waals surface area contributed by atoms with E-state index in [1.54, 1.807) is 19.2 Å².